The van der Waals surface area contributed by atoms with Gasteiger partial charge in [0.1, 0.15) is 0 Å². The Balaban J connectivity index is 2.11. The highest BCUT2D eigenvalue weighted by Crippen LogP contribution is 2.17. The van der Waals surface area contributed by atoms with Gasteiger partial charge in [0.2, 0.25) is 5.95 Å². The van der Waals surface area contributed by atoms with Gasteiger partial charge in [0, 0.05) is 23.6 Å². The molecular weight excluding hydrogens is 358 g/mol. The smallest absolute Gasteiger partial charge is 0.264 e. The number of aromatic nitrogens is 2. The van der Waals surface area contributed by atoms with E-state index in [-0.39, 0.29) is 10.8 Å². The summed E-state index contributed by atoms with van der Waals surface area (Å²) in [5.41, 5.74) is 2.04. The van der Waals surface area contributed by atoms with Crippen molar-refractivity contribution >= 4 is 39.0 Å². The first-order valence-electron chi connectivity index (χ1n) is 7.41. The Labute approximate surface area is 152 Å². The highest BCUT2D eigenvalue weighted by molar-refractivity contribution is 7.92. The number of aryl methyl sites for hydroxylation is 2. The minimum atomic E-state index is -3.77. The summed E-state index contributed by atoms with van der Waals surface area (Å²) < 4.78 is 27.3. The van der Waals surface area contributed by atoms with Crippen molar-refractivity contribution in [2.45, 2.75) is 18.7 Å². The molecule has 1 aromatic heterocycles. The second-order valence-corrected chi connectivity index (χ2v) is 7.32. The van der Waals surface area contributed by atoms with Crippen LogP contribution in [0.3, 0.4) is 0 Å². The maximum absolute atomic E-state index is 12.4. The van der Waals surface area contributed by atoms with Crippen LogP contribution in [0.1, 0.15) is 11.4 Å². The van der Waals surface area contributed by atoms with Crippen LogP contribution in [-0.4, -0.2) is 30.0 Å². The molecule has 0 aliphatic rings. The van der Waals surface area contributed by atoms with Gasteiger partial charge in [-0.25, -0.2) is 23.1 Å². The zero-order valence-electron chi connectivity index (χ0n) is 13.9. The highest BCUT2D eigenvalue weighted by atomic mass is 32.2. The third kappa shape index (κ3) is 5.50. The molecule has 2 aromatic rings. The predicted octanol–water partition coefficient (Wildman–Crippen LogP) is 2.37. The van der Waals surface area contributed by atoms with E-state index in [1.807, 2.05) is 0 Å². The Bertz CT molecular complexity index is 860. The molecule has 3 N–H and O–H groups in total. The molecule has 0 saturated carbocycles. The molecular formula is C16H19N5O2S2. The zero-order chi connectivity index (χ0) is 18.4. The Morgan fingerprint density at radius 1 is 1.20 bits per heavy atom. The van der Waals surface area contributed by atoms with Crippen LogP contribution < -0.4 is 15.4 Å². The molecule has 0 fully saturated rings. The lowest BCUT2D eigenvalue weighted by Gasteiger charge is -2.11. The molecule has 9 heteroatoms. The maximum Gasteiger partial charge on any atom is 0.264 e. The van der Waals surface area contributed by atoms with Crippen molar-refractivity contribution in [1.29, 1.82) is 0 Å². The molecule has 0 bridgehead atoms. The van der Waals surface area contributed by atoms with E-state index >= 15 is 0 Å². The van der Waals surface area contributed by atoms with Crippen molar-refractivity contribution in [2.24, 2.45) is 0 Å². The van der Waals surface area contributed by atoms with Gasteiger partial charge in [-0.1, -0.05) is 6.08 Å². The van der Waals surface area contributed by atoms with E-state index in [4.69, 9.17) is 12.2 Å². The molecule has 0 amide bonds. The predicted molar refractivity (Wildman–Crippen MR) is 103 cm³/mol. The zero-order valence-corrected chi connectivity index (χ0v) is 15.5. The van der Waals surface area contributed by atoms with Gasteiger partial charge in [-0.3, -0.25) is 0 Å². The Hall–Kier alpha value is -2.52. The number of hydrogen-bond acceptors (Lipinski definition) is 5. The summed E-state index contributed by atoms with van der Waals surface area (Å²) in [7, 11) is -3.77. The number of hydrogen-bond donors (Lipinski definition) is 3. The Morgan fingerprint density at radius 3 is 2.36 bits per heavy atom. The van der Waals surface area contributed by atoms with Crippen molar-refractivity contribution in [3.63, 3.8) is 0 Å². The van der Waals surface area contributed by atoms with E-state index < -0.39 is 10.0 Å². The number of benzene rings is 1. The van der Waals surface area contributed by atoms with Crippen molar-refractivity contribution in [3.05, 3.63) is 54.4 Å². The molecule has 0 aliphatic heterocycles. The first kappa shape index (κ1) is 18.8. The topological polar surface area (TPSA) is 96.0 Å². The lowest BCUT2D eigenvalue weighted by Crippen LogP contribution is -2.28. The molecule has 0 atom stereocenters. The SMILES string of the molecule is C=CCNC(=S)Nc1ccc(S(=O)(=O)Nc2nc(C)cc(C)n2)cc1. The molecule has 132 valence electrons. The maximum atomic E-state index is 12.4. The van der Waals surface area contributed by atoms with Crippen molar-refractivity contribution in [2.75, 3.05) is 16.6 Å². The van der Waals surface area contributed by atoms with Gasteiger partial charge in [-0.2, -0.15) is 0 Å². The number of anilines is 2. The average molecular weight is 377 g/mol. The lowest BCUT2D eigenvalue weighted by molar-refractivity contribution is 0.601. The van der Waals surface area contributed by atoms with E-state index in [0.29, 0.717) is 28.7 Å². The second-order valence-electron chi connectivity index (χ2n) is 5.23. The van der Waals surface area contributed by atoms with Gasteiger partial charge >= 0.3 is 0 Å². The summed E-state index contributed by atoms with van der Waals surface area (Å²) in [6.07, 6.45) is 1.68. The van der Waals surface area contributed by atoms with Crippen LogP contribution in [0.5, 0.6) is 0 Å². The molecule has 2 rings (SSSR count). The largest absolute Gasteiger partial charge is 0.359 e. The molecule has 0 aliphatic carbocycles. The minimum absolute atomic E-state index is 0.0505. The third-order valence-corrected chi connectivity index (χ3v) is 4.63. The molecule has 0 saturated heterocycles. The van der Waals surface area contributed by atoms with Gasteiger partial charge in [0.15, 0.2) is 5.11 Å². The van der Waals surface area contributed by atoms with Crippen LogP contribution in [0, 0.1) is 13.8 Å². The van der Waals surface area contributed by atoms with E-state index in [0.717, 1.165) is 0 Å². The molecule has 0 radical (unpaired) electrons. The summed E-state index contributed by atoms with van der Waals surface area (Å²) >= 11 is 5.10. The molecule has 0 unspecified atom stereocenters. The van der Waals surface area contributed by atoms with E-state index in [2.05, 4.69) is 31.9 Å². The van der Waals surface area contributed by atoms with Gasteiger partial charge in [0.05, 0.1) is 4.90 Å². The fraction of sp³-hybridized carbons (Fsp3) is 0.188. The molecule has 25 heavy (non-hydrogen) atoms. The molecule has 0 spiro atoms. The summed E-state index contributed by atoms with van der Waals surface area (Å²) in [5, 5.41) is 6.30. The standard InChI is InChI=1S/C16H19N5O2S2/c1-4-9-17-16(24)20-13-5-7-14(8-6-13)25(22,23)21-15-18-11(2)10-12(3)19-15/h4-8,10H,1,9H2,2-3H3,(H2,17,20,24)(H,18,19,21). The van der Waals surface area contributed by atoms with E-state index in [1.165, 1.54) is 12.1 Å². The fourth-order valence-electron chi connectivity index (χ4n) is 2.01. The van der Waals surface area contributed by atoms with Crippen LogP contribution in [0.2, 0.25) is 0 Å². The summed E-state index contributed by atoms with van der Waals surface area (Å²) in [4.78, 5) is 8.27. The van der Waals surface area contributed by atoms with Crippen molar-refractivity contribution < 1.29 is 8.42 Å². The monoisotopic (exact) mass is 377 g/mol. The third-order valence-electron chi connectivity index (χ3n) is 3.04. The fourth-order valence-corrected chi connectivity index (χ4v) is 3.15. The van der Waals surface area contributed by atoms with Gasteiger partial charge in [0.25, 0.3) is 10.0 Å². The Kier molecular flexibility index (Phi) is 6.05. The van der Waals surface area contributed by atoms with Gasteiger partial charge in [-0.05, 0) is 56.4 Å². The Morgan fingerprint density at radius 2 is 1.80 bits per heavy atom. The number of thiocarbonyl (C=S) groups is 1. The summed E-state index contributed by atoms with van der Waals surface area (Å²) in [5.74, 6) is 0.0505. The van der Waals surface area contributed by atoms with Crippen LogP contribution in [0.15, 0.2) is 47.9 Å². The normalized spacial score (nSPS) is 10.8. The van der Waals surface area contributed by atoms with Crippen LogP contribution in [-0.2, 0) is 10.0 Å². The number of nitrogens with one attached hydrogen (secondary N) is 3. The first-order valence-corrected chi connectivity index (χ1v) is 9.30. The summed E-state index contributed by atoms with van der Waals surface area (Å²) in [6.45, 7) is 7.68. The quantitative estimate of drug-likeness (QED) is 0.525. The first-order chi connectivity index (χ1) is 11.8. The van der Waals surface area contributed by atoms with E-state index in [9.17, 15) is 8.42 Å². The van der Waals surface area contributed by atoms with Crippen LogP contribution in [0.4, 0.5) is 11.6 Å². The highest BCUT2D eigenvalue weighted by Gasteiger charge is 2.16. The molecule has 7 nitrogen and oxygen atoms in total. The second kappa shape index (κ2) is 8.04. The molecule has 1 aromatic carbocycles. The number of rotatable bonds is 6. The summed E-state index contributed by atoms with van der Waals surface area (Å²) in [6, 6.07) is 7.96. The van der Waals surface area contributed by atoms with E-state index in [1.54, 1.807) is 38.1 Å². The molecule has 1 heterocycles. The van der Waals surface area contributed by atoms with Gasteiger partial charge < -0.3 is 10.6 Å². The van der Waals surface area contributed by atoms with Crippen molar-refractivity contribution in [1.82, 2.24) is 15.3 Å². The van der Waals surface area contributed by atoms with Crippen molar-refractivity contribution in [3.8, 4) is 0 Å². The van der Waals surface area contributed by atoms with Gasteiger partial charge in [-0.15, -0.1) is 6.58 Å². The van der Waals surface area contributed by atoms with Crippen LogP contribution >= 0.6 is 12.2 Å². The lowest BCUT2D eigenvalue weighted by atomic mass is 10.3. The number of nitrogens with zero attached hydrogens (tertiary/aromatic N) is 2. The minimum Gasteiger partial charge on any atom is -0.359 e. The number of sulfonamides is 1. The van der Waals surface area contributed by atoms with Crippen LogP contribution in [0.25, 0.3) is 0 Å². The average Bonchev–Trinajstić information content (AvgIpc) is 2.52.